The van der Waals surface area contributed by atoms with Gasteiger partial charge in [0, 0.05) is 5.41 Å². The second-order valence-electron chi connectivity index (χ2n) is 8.01. The van der Waals surface area contributed by atoms with Gasteiger partial charge >= 0.3 is 0 Å². The molecule has 3 aliphatic carbocycles. The fourth-order valence-corrected chi connectivity index (χ4v) is 5.77. The van der Waals surface area contributed by atoms with Crippen LogP contribution >= 0.6 is 0 Å². The van der Waals surface area contributed by atoms with Crippen LogP contribution in [0.5, 0.6) is 0 Å². The predicted molar refractivity (Wildman–Crippen MR) is 84.6 cm³/mol. The number of benzene rings is 1. The summed E-state index contributed by atoms with van der Waals surface area (Å²) in [6, 6.07) is 6.75. The largest absolute Gasteiger partial charge is 0.390 e. The third-order valence-electron chi connectivity index (χ3n) is 6.90. The van der Waals surface area contributed by atoms with E-state index in [1.54, 1.807) is 0 Å². The maximum absolute atomic E-state index is 10.5. The van der Waals surface area contributed by atoms with Gasteiger partial charge in [0.05, 0.1) is 12.2 Å². The van der Waals surface area contributed by atoms with Crippen LogP contribution in [0.15, 0.2) is 18.2 Å². The summed E-state index contributed by atoms with van der Waals surface area (Å²) in [6.07, 6.45) is 1.44. The molecule has 120 valence electrons. The monoisotopic (exact) mass is 302 g/mol. The molecule has 0 saturated heterocycles. The zero-order chi connectivity index (χ0) is 15.6. The molecule has 0 spiro atoms. The zero-order valence-corrected chi connectivity index (χ0v) is 13.4. The molecule has 3 heteroatoms. The molecule has 3 nitrogen and oxygen atoms in total. The van der Waals surface area contributed by atoms with Crippen LogP contribution in [0.25, 0.3) is 0 Å². The highest BCUT2D eigenvalue weighted by molar-refractivity contribution is 5.38. The molecule has 1 aromatic rings. The van der Waals surface area contributed by atoms with Gasteiger partial charge in [-0.3, -0.25) is 0 Å². The lowest BCUT2D eigenvalue weighted by molar-refractivity contribution is -0.0505. The number of hydrogen-bond acceptors (Lipinski definition) is 3. The average Bonchev–Trinajstić information content (AvgIpc) is 2.68. The fourth-order valence-electron chi connectivity index (χ4n) is 5.77. The third-order valence-corrected chi connectivity index (χ3v) is 6.90. The van der Waals surface area contributed by atoms with Crippen LogP contribution in [0.4, 0.5) is 0 Å². The number of fused-ring (bicyclic) bond motifs is 5. The number of rotatable bonds is 0. The quantitative estimate of drug-likeness (QED) is 0.688. The van der Waals surface area contributed by atoms with E-state index < -0.39 is 18.3 Å². The van der Waals surface area contributed by atoms with Crippen LogP contribution in [0.2, 0.25) is 0 Å². The number of hydrogen-bond donors (Lipinski definition) is 3. The Labute approximate surface area is 132 Å². The zero-order valence-electron chi connectivity index (χ0n) is 13.4. The lowest BCUT2D eigenvalue weighted by Crippen LogP contribution is -2.46. The van der Waals surface area contributed by atoms with Crippen molar-refractivity contribution in [3.63, 3.8) is 0 Å². The van der Waals surface area contributed by atoms with Gasteiger partial charge in [0.2, 0.25) is 0 Å². The minimum atomic E-state index is -0.992. The Morgan fingerprint density at radius 3 is 2.64 bits per heavy atom. The minimum Gasteiger partial charge on any atom is -0.390 e. The summed E-state index contributed by atoms with van der Waals surface area (Å²) in [4.78, 5) is 0. The van der Waals surface area contributed by atoms with Gasteiger partial charge in [0.15, 0.2) is 0 Å². The SMILES string of the molecule is Cc1ccc2c(c1)CCC1C2CC[C@@]2(C)C1[C@@H](O)[C@@H](O)[C@@H]2O. The van der Waals surface area contributed by atoms with E-state index in [-0.39, 0.29) is 11.3 Å². The number of aliphatic hydroxyl groups is 3. The second kappa shape index (κ2) is 4.80. The average molecular weight is 302 g/mol. The molecule has 3 aliphatic rings. The Balaban J connectivity index is 1.74. The number of aryl methyl sites for hydroxylation is 2. The van der Waals surface area contributed by atoms with Crippen molar-refractivity contribution in [1.82, 2.24) is 0 Å². The number of aliphatic hydroxyl groups excluding tert-OH is 3. The highest BCUT2D eigenvalue weighted by Crippen LogP contribution is 2.60. The van der Waals surface area contributed by atoms with Crippen molar-refractivity contribution >= 4 is 0 Å². The molecule has 4 rings (SSSR count). The molecule has 0 heterocycles. The molecule has 3 unspecified atom stereocenters. The summed E-state index contributed by atoms with van der Waals surface area (Å²) in [5.74, 6) is 0.844. The third kappa shape index (κ3) is 1.79. The van der Waals surface area contributed by atoms with Gasteiger partial charge in [-0.05, 0) is 61.5 Å². The van der Waals surface area contributed by atoms with Gasteiger partial charge in [-0.25, -0.2) is 0 Å². The fraction of sp³-hybridized carbons (Fsp3) is 0.684. The first kappa shape index (κ1) is 14.7. The molecule has 2 saturated carbocycles. The first-order valence-electron chi connectivity index (χ1n) is 8.57. The molecule has 0 bridgehead atoms. The van der Waals surface area contributed by atoms with Crippen LogP contribution in [-0.2, 0) is 6.42 Å². The van der Waals surface area contributed by atoms with E-state index in [0.717, 1.165) is 25.7 Å². The summed E-state index contributed by atoms with van der Waals surface area (Å²) >= 11 is 0. The van der Waals surface area contributed by atoms with E-state index in [1.165, 1.54) is 16.7 Å². The smallest absolute Gasteiger partial charge is 0.107 e. The Bertz CT molecular complexity index is 598. The maximum atomic E-state index is 10.5. The highest BCUT2D eigenvalue weighted by Gasteiger charge is 2.62. The van der Waals surface area contributed by atoms with Gasteiger partial charge in [-0.15, -0.1) is 0 Å². The predicted octanol–water partition coefficient (Wildman–Crippen LogP) is 2.15. The van der Waals surface area contributed by atoms with E-state index in [0.29, 0.717) is 11.8 Å². The molecule has 7 atom stereocenters. The molecule has 0 amide bonds. The Kier molecular flexibility index (Phi) is 3.20. The standard InChI is InChI=1S/C19H26O3/c1-10-3-5-12-11(9-10)4-6-14-13(12)7-8-19(2)15(14)16(20)17(21)18(19)22/h3,5,9,13-18,20-22H,4,6-8H2,1-2H3/t13?,14?,15?,16-,17-,18+,19+/m1/s1. The molecule has 2 fully saturated rings. The summed E-state index contributed by atoms with van der Waals surface area (Å²) in [5, 5.41) is 31.2. The molecule has 1 aromatic carbocycles. The van der Waals surface area contributed by atoms with Gasteiger partial charge in [-0.2, -0.15) is 0 Å². The van der Waals surface area contributed by atoms with E-state index in [4.69, 9.17) is 0 Å². The maximum Gasteiger partial charge on any atom is 0.107 e. The topological polar surface area (TPSA) is 60.7 Å². The lowest BCUT2D eigenvalue weighted by Gasteiger charge is -2.50. The first-order chi connectivity index (χ1) is 10.4. The summed E-state index contributed by atoms with van der Waals surface area (Å²) < 4.78 is 0. The van der Waals surface area contributed by atoms with Gasteiger partial charge < -0.3 is 15.3 Å². The van der Waals surface area contributed by atoms with Gasteiger partial charge in [0.25, 0.3) is 0 Å². The second-order valence-corrected chi connectivity index (χ2v) is 8.01. The minimum absolute atomic E-state index is 0.00528. The van der Waals surface area contributed by atoms with Crippen LogP contribution in [-0.4, -0.2) is 33.6 Å². The molecular weight excluding hydrogens is 276 g/mol. The van der Waals surface area contributed by atoms with Crippen LogP contribution in [0.1, 0.15) is 48.8 Å². The van der Waals surface area contributed by atoms with E-state index in [9.17, 15) is 15.3 Å². The van der Waals surface area contributed by atoms with Crippen molar-refractivity contribution in [2.24, 2.45) is 17.3 Å². The first-order valence-corrected chi connectivity index (χ1v) is 8.57. The lowest BCUT2D eigenvalue weighted by atomic mass is 9.55. The molecule has 0 radical (unpaired) electrons. The van der Waals surface area contributed by atoms with Crippen molar-refractivity contribution in [3.8, 4) is 0 Å². The Morgan fingerprint density at radius 1 is 1.09 bits per heavy atom. The van der Waals surface area contributed by atoms with E-state index >= 15 is 0 Å². The Morgan fingerprint density at radius 2 is 1.86 bits per heavy atom. The van der Waals surface area contributed by atoms with E-state index in [1.807, 2.05) is 0 Å². The van der Waals surface area contributed by atoms with Crippen LogP contribution < -0.4 is 0 Å². The summed E-state index contributed by atoms with van der Waals surface area (Å²) in [6.45, 7) is 4.19. The van der Waals surface area contributed by atoms with Crippen molar-refractivity contribution in [2.75, 3.05) is 0 Å². The summed E-state index contributed by atoms with van der Waals surface area (Å²) in [7, 11) is 0. The van der Waals surface area contributed by atoms with Gasteiger partial charge in [-0.1, -0.05) is 30.7 Å². The van der Waals surface area contributed by atoms with Crippen LogP contribution in [0.3, 0.4) is 0 Å². The molecular formula is C19H26O3. The highest BCUT2D eigenvalue weighted by atomic mass is 16.4. The van der Waals surface area contributed by atoms with Crippen molar-refractivity contribution in [1.29, 1.82) is 0 Å². The van der Waals surface area contributed by atoms with Gasteiger partial charge in [0.1, 0.15) is 6.10 Å². The van der Waals surface area contributed by atoms with Crippen LogP contribution in [0, 0.1) is 24.2 Å². The Hall–Kier alpha value is -0.900. The van der Waals surface area contributed by atoms with E-state index in [2.05, 4.69) is 32.0 Å². The van der Waals surface area contributed by atoms with Crippen molar-refractivity contribution < 1.29 is 15.3 Å². The molecule has 3 N–H and O–H groups in total. The van der Waals surface area contributed by atoms with Crippen molar-refractivity contribution in [2.45, 2.75) is 63.8 Å². The molecule has 22 heavy (non-hydrogen) atoms. The normalized spacial score (nSPS) is 46.8. The molecule has 0 aromatic heterocycles. The summed E-state index contributed by atoms with van der Waals surface area (Å²) in [5.41, 5.74) is 3.86. The van der Waals surface area contributed by atoms with Crippen molar-refractivity contribution in [3.05, 3.63) is 34.9 Å². The molecule has 0 aliphatic heterocycles.